The molecule has 2 aromatic carbocycles. The zero-order valence-corrected chi connectivity index (χ0v) is 21.8. The Morgan fingerprint density at radius 3 is 2.86 bits per heavy atom. The highest BCUT2D eigenvalue weighted by Crippen LogP contribution is 2.51. The molecule has 0 amide bonds. The number of nitrogens with two attached hydrogens (primary N) is 1. The number of ether oxygens (including phenoxy) is 1. The number of fused-ring (bicyclic) bond motifs is 2. The monoisotopic (exact) mass is 508 g/mol. The third-order valence-electron chi connectivity index (χ3n) is 6.52. The molecule has 5 rings (SSSR count). The molecule has 0 bridgehead atoms. The number of anilines is 2. The number of H-pyrrole nitrogens is 1. The van der Waals surface area contributed by atoms with E-state index in [2.05, 4.69) is 65.4 Å². The Morgan fingerprint density at radius 1 is 1.17 bits per heavy atom. The van der Waals surface area contributed by atoms with Crippen LogP contribution in [0.3, 0.4) is 0 Å². The molecule has 1 fully saturated rings. The second-order valence-electron chi connectivity index (χ2n) is 9.13. The summed E-state index contributed by atoms with van der Waals surface area (Å²) in [5, 5.41) is 3.64. The van der Waals surface area contributed by atoms with Crippen LogP contribution in [0, 0.1) is 0 Å². The predicted molar refractivity (Wildman–Crippen MR) is 145 cm³/mol. The number of aromatic nitrogens is 1. The fraction of sp³-hybridized carbons (Fsp3) is 0.370. The highest BCUT2D eigenvalue weighted by molar-refractivity contribution is 8.05. The van der Waals surface area contributed by atoms with Crippen molar-refractivity contribution in [1.82, 2.24) is 4.98 Å². The summed E-state index contributed by atoms with van der Waals surface area (Å²) in [6.07, 6.45) is 3.74. The van der Waals surface area contributed by atoms with E-state index in [1.165, 1.54) is 25.1 Å². The van der Waals surface area contributed by atoms with Gasteiger partial charge in [-0.05, 0) is 55.3 Å². The molecule has 0 spiro atoms. The molecule has 2 aliphatic rings. The van der Waals surface area contributed by atoms with Crippen LogP contribution in [-0.2, 0) is 4.74 Å². The minimum Gasteiger partial charge on any atom is -0.381 e. The average molecular weight is 509 g/mol. The molecule has 184 valence electrons. The quantitative estimate of drug-likeness (QED) is 0.304. The van der Waals surface area contributed by atoms with Crippen molar-refractivity contribution in [3.05, 3.63) is 70.6 Å². The molecule has 4 N–H and O–H groups in total. The molecule has 35 heavy (non-hydrogen) atoms. The number of benzene rings is 2. The van der Waals surface area contributed by atoms with E-state index in [1.807, 2.05) is 35.7 Å². The van der Waals surface area contributed by atoms with E-state index in [1.54, 1.807) is 6.20 Å². The summed E-state index contributed by atoms with van der Waals surface area (Å²) in [5.74, 6) is 0. The average Bonchev–Trinajstić information content (AvgIpc) is 2.87. The Hall–Kier alpha value is -2.39. The lowest BCUT2D eigenvalue weighted by molar-refractivity contribution is 0.0378. The molecular weight excluding hydrogens is 476 g/mol. The van der Waals surface area contributed by atoms with Gasteiger partial charge in [0.2, 0.25) is 0 Å². The van der Waals surface area contributed by atoms with Gasteiger partial charge in [0.15, 0.2) is 0 Å². The van der Waals surface area contributed by atoms with Gasteiger partial charge in [0.1, 0.15) is 11.8 Å². The topological polar surface area (TPSA) is 83.4 Å². The third-order valence-corrected chi connectivity index (χ3v) is 9.13. The van der Waals surface area contributed by atoms with Crippen molar-refractivity contribution < 1.29 is 4.74 Å². The number of nitrogens with one attached hydrogen (secondary N) is 2. The molecule has 2 aliphatic heterocycles. The standard InChI is InChI=1S/C27H32N4O2S2/c1-3-6-20(17(2)28)30-18-10-11-23-25(15-18)34-24-9-4-7-19(26(24)35-23)22-16-31(13-14-33-22)21-8-5-12-29-27(21)32/h4-5,7-12,15,17,20,22,30H,3,6,13-14,16,28H2,1-2H3,(H,29,32)/t17-,20?,22?/m0/s1. The molecule has 0 aliphatic carbocycles. The summed E-state index contributed by atoms with van der Waals surface area (Å²) < 4.78 is 6.22. The van der Waals surface area contributed by atoms with Crippen molar-refractivity contribution >= 4 is 34.9 Å². The van der Waals surface area contributed by atoms with Gasteiger partial charge in [-0.3, -0.25) is 4.79 Å². The number of nitrogens with zero attached hydrogens (tertiary/aromatic N) is 1. The molecule has 1 saturated heterocycles. The third kappa shape index (κ3) is 5.26. The van der Waals surface area contributed by atoms with Crippen LogP contribution >= 0.6 is 23.5 Å². The van der Waals surface area contributed by atoms with Crippen molar-refractivity contribution in [2.75, 3.05) is 29.9 Å². The highest BCUT2D eigenvalue weighted by Gasteiger charge is 2.29. The Labute approximate surface area is 215 Å². The van der Waals surface area contributed by atoms with Crippen molar-refractivity contribution in [1.29, 1.82) is 0 Å². The molecule has 3 atom stereocenters. The zero-order valence-electron chi connectivity index (χ0n) is 20.1. The molecule has 6 nitrogen and oxygen atoms in total. The van der Waals surface area contributed by atoms with E-state index >= 15 is 0 Å². The number of morpholine rings is 1. The van der Waals surface area contributed by atoms with E-state index < -0.39 is 0 Å². The van der Waals surface area contributed by atoms with E-state index in [-0.39, 0.29) is 23.7 Å². The molecule has 8 heteroatoms. The van der Waals surface area contributed by atoms with Crippen LogP contribution in [0.5, 0.6) is 0 Å². The van der Waals surface area contributed by atoms with Gasteiger partial charge < -0.3 is 25.7 Å². The SMILES string of the molecule is CCCC(Nc1ccc2c(c1)Sc1cccc(C3CN(c4ccc[nH]c4=O)CCO3)c1S2)[C@H](C)N. The Morgan fingerprint density at radius 2 is 2.06 bits per heavy atom. The number of pyridine rings is 1. The van der Waals surface area contributed by atoms with Gasteiger partial charge >= 0.3 is 0 Å². The van der Waals surface area contributed by atoms with E-state index in [9.17, 15) is 4.79 Å². The first-order valence-electron chi connectivity index (χ1n) is 12.2. The number of aromatic amines is 1. The Balaban J connectivity index is 1.37. The number of hydrogen-bond donors (Lipinski definition) is 3. The lowest BCUT2D eigenvalue weighted by atomic mass is 10.1. The van der Waals surface area contributed by atoms with Crippen molar-refractivity contribution in [3.8, 4) is 0 Å². The Kier molecular flexibility index (Phi) is 7.43. The van der Waals surface area contributed by atoms with Gasteiger partial charge in [-0.15, -0.1) is 0 Å². The summed E-state index contributed by atoms with van der Waals surface area (Å²) in [7, 11) is 0. The maximum Gasteiger partial charge on any atom is 0.271 e. The molecular formula is C27H32N4O2S2. The van der Waals surface area contributed by atoms with Crippen LogP contribution in [0.4, 0.5) is 11.4 Å². The summed E-state index contributed by atoms with van der Waals surface area (Å²) >= 11 is 3.61. The lowest BCUT2D eigenvalue weighted by Gasteiger charge is -2.35. The predicted octanol–water partition coefficient (Wildman–Crippen LogP) is 5.50. The van der Waals surface area contributed by atoms with Gasteiger partial charge in [-0.1, -0.05) is 49.0 Å². The van der Waals surface area contributed by atoms with Gasteiger partial charge in [0, 0.05) is 56.6 Å². The van der Waals surface area contributed by atoms with Crippen LogP contribution in [-0.4, -0.2) is 36.8 Å². The second-order valence-corrected chi connectivity index (χ2v) is 11.3. The first kappa shape index (κ1) is 24.3. The first-order chi connectivity index (χ1) is 17.0. The van der Waals surface area contributed by atoms with Crippen molar-refractivity contribution in [2.45, 2.75) is 64.5 Å². The number of rotatable bonds is 7. The molecule has 3 aromatic rings. The van der Waals surface area contributed by atoms with Gasteiger partial charge in [-0.2, -0.15) is 0 Å². The van der Waals surface area contributed by atoms with E-state index in [0.29, 0.717) is 25.4 Å². The minimum atomic E-state index is -0.0882. The van der Waals surface area contributed by atoms with Crippen molar-refractivity contribution in [2.24, 2.45) is 5.73 Å². The summed E-state index contributed by atoms with van der Waals surface area (Å²) in [6.45, 7) is 6.21. The van der Waals surface area contributed by atoms with Crippen molar-refractivity contribution in [3.63, 3.8) is 0 Å². The fourth-order valence-electron chi connectivity index (χ4n) is 4.68. The van der Waals surface area contributed by atoms with Crippen LogP contribution in [0.25, 0.3) is 0 Å². The van der Waals surface area contributed by atoms with Crippen LogP contribution in [0.15, 0.2) is 79.1 Å². The van der Waals surface area contributed by atoms with Crippen LogP contribution in [0.2, 0.25) is 0 Å². The fourth-order valence-corrected chi connectivity index (χ4v) is 7.13. The van der Waals surface area contributed by atoms with Crippen LogP contribution in [0.1, 0.15) is 38.4 Å². The van der Waals surface area contributed by atoms with Gasteiger partial charge in [-0.25, -0.2) is 0 Å². The minimum absolute atomic E-state index is 0.0586. The van der Waals surface area contributed by atoms with Gasteiger partial charge in [0.05, 0.1) is 6.61 Å². The number of hydrogen-bond acceptors (Lipinski definition) is 7. The summed E-state index contributed by atoms with van der Waals surface area (Å²) in [6, 6.07) is 17.2. The van der Waals surface area contributed by atoms with Gasteiger partial charge in [0.25, 0.3) is 5.56 Å². The molecule has 1 aromatic heterocycles. The van der Waals surface area contributed by atoms with E-state index in [0.717, 1.165) is 18.5 Å². The summed E-state index contributed by atoms with van der Waals surface area (Å²) in [4.78, 5) is 22.3. The maximum atomic E-state index is 12.3. The van der Waals surface area contributed by atoms with Crippen LogP contribution < -0.4 is 21.5 Å². The molecule has 0 saturated carbocycles. The molecule has 3 heterocycles. The maximum absolute atomic E-state index is 12.3. The summed E-state index contributed by atoms with van der Waals surface area (Å²) in [5.41, 5.74) is 9.15. The second kappa shape index (κ2) is 10.7. The smallest absolute Gasteiger partial charge is 0.271 e. The Bertz CT molecular complexity index is 1250. The highest BCUT2D eigenvalue weighted by atomic mass is 32.2. The molecule has 0 radical (unpaired) electrons. The normalized spacial score (nSPS) is 18.9. The molecule has 2 unspecified atom stereocenters. The largest absolute Gasteiger partial charge is 0.381 e. The first-order valence-corrected chi connectivity index (χ1v) is 13.9. The lowest BCUT2D eigenvalue weighted by Crippen LogP contribution is -2.41. The zero-order chi connectivity index (χ0) is 24.4. The van der Waals surface area contributed by atoms with E-state index in [4.69, 9.17) is 10.5 Å².